The molecule has 6 heteroatoms. The molecule has 2 atom stereocenters. The Hall–Kier alpha value is -0.330. The van der Waals surface area contributed by atoms with Gasteiger partial charge < -0.3 is 15.8 Å². The predicted molar refractivity (Wildman–Crippen MR) is 45.9 cm³/mol. The molecule has 1 aliphatic rings. The highest BCUT2D eigenvalue weighted by Crippen LogP contribution is 2.28. The van der Waals surface area contributed by atoms with Gasteiger partial charge in [-0.3, -0.25) is 0 Å². The van der Waals surface area contributed by atoms with E-state index in [9.17, 15) is 13.2 Å². The van der Waals surface area contributed by atoms with Gasteiger partial charge in [0.25, 0.3) is 0 Å². The van der Waals surface area contributed by atoms with Crippen molar-refractivity contribution in [1.29, 1.82) is 0 Å². The Morgan fingerprint density at radius 3 is 2.64 bits per heavy atom. The van der Waals surface area contributed by atoms with Gasteiger partial charge in [0.2, 0.25) is 0 Å². The van der Waals surface area contributed by atoms with Crippen molar-refractivity contribution in [1.82, 2.24) is 5.32 Å². The molecule has 3 N–H and O–H groups in total. The fourth-order valence-corrected chi connectivity index (χ4v) is 1.56. The molecule has 0 spiro atoms. The summed E-state index contributed by atoms with van der Waals surface area (Å²) in [6.45, 7) is 0.769. The van der Waals surface area contributed by atoms with Crippen LogP contribution in [0.4, 0.5) is 13.2 Å². The molecule has 1 saturated heterocycles. The second-order valence-electron chi connectivity index (χ2n) is 3.31. The fraction of sp³-hybridized carbons (Fsp3) is 1.00. The van der Waals surface area contributed by atoms with Crippen LogP contribution in [-0.4, -0.2) is 38.0 Å². The summed E-state index contributed by atoms with van der Waals surface area (Å²) in [5.74, 6) is 0. The highest BCUT2D eigenvalue weighted by Gasteiger charge is 2.45. The summed E-state index contributed by atoms with van der Waals surface area (Å²) >= 11 is 0. The number of alkyl halides is 3. The molecule has 14 heavy (non-hydrogen) atoms. The fourth-order valence-electron chi connectivity index (χ4n) is 1.56. The molecule has 0 aliphatic carbocycles. The van der Waals surface area contributed by atoms with E-state index in [1.807, 2.05) is 0 Å². The van der Waals surface area contributed by atoms with E-state index in [0.717, 1.165) is 0 Å². The Morgan fingerprint density at radius 1 is 1.50 bits per heavy atom. The molecule has 0 radical (unpaired) electrons. The van der Waals surface area contributed by atoms with E-state index in [-0.39, 0.29) is 13.1 Å². The molecule has 0 unspecified atom stereocenters. The van der Waals surface area contributed by atoms with E-state index < -0.39 is 18.3 Å². The van der Waals surface area contributed by atoms with Crippen LogP contribution in [0.25, 0.3) is 0 Å². The number of rotatable bonds is 4. The number of halogens is 3. The maximum absolute atomic E-state index is 12.5. The summed E-state index contributed by atoms with van der Waals surface area (Å²) in [6, 6.07) is -1.58. The van der Waals surface area contributed by atoms with Crippen LogP contribution in [0.15, 0.2) is 0 Å². The molecule has 0 bridgehead atoms. The van der Waals surface area contributed by atoms with E-state index in [2.05, 4.69) is 5.32 Å². The van der Waals surface area contributed by atoms with Gasteiger partial charge in [-0.25, -0.2) is 0 Å². The molecule has 1 fully saturated rings. The van der Waals surface area contributed by atoms with Gasteiger partial charge in [-0.05, 0) is 12.8 Å². The summed E-state index contributed by atoms with van der Waals surface area (Å²) in [6.07, 6.45) is -3.85. The smallest absolute Gasteiger partial charge is 0.376 e. The molecule has 0 saturated carbocycles. The summed E-state index contributed by atoms with van der Waals surface area (Å²) in [4.78, 5) is 0. The summed E-state index contributed by atoms with van der Waals surface area (Å²) in [5, 5.41) is 2.38. The second-order valence-corrected chi connectivity index (χ2v) is 3.31. The summed E-state index contributed by atoms with van der Waals surface area (Å²) < 4.78 is 42.6. The van der Waals surface area contributed by atoms with Gasteiger partial charge in [-0.2, -0.15) is 13.2 Å². The van der Waals surface area contributed by atoms with Crippen molar-refractivity contribution in [2.45, 2.75) is 31.2 Å². The zero-order chi connectivity index (χ0) is 10.6. The minimum Gasteiger partial charge on any atom is -0.376 e. The van der Waals surface area contributed by atoms with Crippen LogP contribution in [0.1, 0.15) is 12.8 Å². The van der Waals surface area contributed by atoms with Crippen LogP contribution in [0, 0.1) is 0 Å². The first-order chi connectivity index (χ1) is 6.55. The number of hydrogen-bond donors (Lipinski definition) is 2. The predicted octanol–water partition coefficient (Wildman–Crippen LogP) is 0.645. The van der Waals surface area contributed by atoms with Crippen LogP contribution >= 0.6 is 0 Å². The number of ether oxygens (including phenoxy) is 1. The van der Waals surface area contributed by atoms with Gasteiger partial charge in [0.05, 0.1) is 6.10 Å². The van der Waals surface area contributed by atoms with Gasteiger partial charge in [0.15, 0.2) is 0 Å². The monoisotopic (exact) mass is 212 g/mol. The van der Waals surface area contributed by atoms with Crippen molar-refractivity contribution in [2.75, 3.05) is 19.7 Å². The molecule has 1 heterocycles. The van der Waals surface area contributed by atoms with Crippen molar-refractivity contribution in [3.63, 3.8) is 0 Å². The molecule has 0 aromatic heterocycles. The Labute approximate surface area is 80.8 Å². The van der Waals surface area contributed by atoms with Crippen molar-refractivity contribution in [3.05, 3.63) is 0 Å². The second kappa shape index (κ2) is 4.95. The first-order valence-corrected chi connectivity index (χ1v) is 4.67. The standard InChI is InChI=1S/C8H15F3N2O/c9-8(10,11)7(13-4-3-12)6-2-1-5-14-6/h6-7,13H,1-5,12H2/t6-,7+/m0/s1. The highest BCUT2D eigenvalue weighted by molar-refractivity contribution is 4.86. The zero-order valence-electron chi connectivity index (χ0n) is 7.81. The van der Waals surface area contributed by atoms with E-state index in [4.69, 9.17) is 10.5 Å². The van der Waals surface area contributed by atoms with Crippen LogP contribution in [0.3, 0.4) is 0 Å². The largest absolute Gasteiger partial charge is 0.406 e. The third-order valence-corrected chi connectivity index (χ3v) is 2.20. The SMILES string of the molecule is NCCN[C@H]([C@@H]1CCCO1)C(F)(F)F. The Kier molecular flexibility index (Phi) is 4.15. The Balaban J connectivity index is 2.51. The van der Waals surface area contributed by atoms with Crippen molar-refractivity contribution in [2.24, 2.45) is 5.73 Å². The number of hydrogen-bond acceptors (Lipinski definition) is 3. The molecule has 1 aliphatic heterocycles. The molecule has 1 rings (SSSR count). The van der Waals surface area contributed by atoms with Crippen molar-refractivity contribution >= 4 is 0 Å². The van der Waals surface area contributed by atoms with E-state index in [1.165, 1.54) is 0 Å². The van der Waals surface area contributed by atoms with Crippen LogP contribution in [0.5, 0.6) is 0 Å². The van der Waals surface area contributed by atoms with Crippen molar-refractivity contribution < 1.29 is 17.9 Å². The molecular formula is C8H15F3N2O. The highest BCUT2D eigenvalue weighted by atomic mass is 19.4. The number of nitrogens with one attached hydrogen (secondary N) is 1. The van der Waals surface area contributed by atoms with Gasteiger partial charge in [0.1, 0.15) is 6.04 Å². The first-order valence-electron chi connectivity index (χ1n) is 4.67. The summed E-state index contributed by atoms with van der Waals surface area (Å²) in [7, 11) is 0. The molecular weight excluding hydrogens is 197 g/mol. The topological polar surface area (TPSA) is 47.3 Å². The van der Waals surface area contributed by atoms with Crippen LogP contribution in [0.2, 0.25) is 0 Å². The molecule has 3 nitrogen and oxygen atoms in total. The van der Waals surface area contributed by atoms with E-state index in [0.29, 0.717) is 19.4 Å². The molecule has 0 aromatic rings. The number of nitrogens with two attached hydrogens (primary N) is 1. The van der Waals surface area contributed by atoms with Crippen LogP contribution < -0.4 is 11.1 Å². The summed E-state index contributed by atoms with van der Waals surface area (Å²) in [5.41, 5.74) is 5.15. The average molecular weight is 212 g/mol. The quantitative estimate of drug-likeness (QED) is 0.719. The minimum atomic E-state index is -4.26. The third kappa shape index (κ3) is 3.11. The van der Waals surface area contributed by atoms with E-state index in [1.54, 1.807) is 0 Å². The minimum absolute atomic E-state index is 0.157. The van der Waals surface area contributed by atoms with Gasteiger partial charge >= 0.3 is 6.18 Å². The van der Waals surface area contributed by atoms with Gasteiger partial charge in [0, 0.05) is 19.7 Å². The van der Waals surface area contributed by atoms with Crippen molar-refractivity contribution in [3.8, 4) is 0 Å². The van der Waals surface area contributed by atoms with Crippen LogP contribution in [-0.2, 0) is 4.74 Å². The molecule has 84 valence electrons. The molecule has 0 aromatic carbocycles. The maximum Gasteiger partial charge on any atom is 0.406 e. The lowest BCUT2D eigenvalue weighted by Gasteiger charge is -2.26. The van der Waals surface area contributed by atoms with Gasteiger partial charge in [-0.15, -0.1) is 0 Å². The zero-order valence-corrected chi connectivity index (χ0v) is 7.81. The lowest BCUT2D eigenvalue weighted by Crippen LogP contribution is -2.51. The third-order valence-electron chi connectivity index (χ3n) is 2.20. The average Bonchev–Trinajstić information content (AvgIpc) is 2.55. The lowest BCUT2D eigenvalue weighted by molar-refractivity contribution is -0.179. The van der Waals surface area contributed by atoms with Gasteiger partial charge in [-0.1, -0.05) is 0 Å². The first kappa shape index (κ1) is 11.7. The molecule has 0 amide bonds. The van der Waals surface area contributed by atoms with E-state index >= 15 is 0 Å². The lowest BCUT2D eigenvalue weighted by atomic mass is 10.1. The normalized spacial score (nSPS) is 25.3. The Bertz CT molecular complexity index is 168. The Morgan fingerprint density at radius 2 is 2.21 bits per heavy atom. The maximum atomic E-state index is 12.5.